The molecule has 2 aromatic rings. The first-order chi connectivity index (χ1) is 9.06. The Bertz CT molecular complexity index is 555. The fourth-order valence-corrected chi connectivity index (χ4v) is 3.56. The molecule has 0 spiro atoms. The van der Waals surface area contributed by atoms with Crippen molar-refractivity contribution in [2.75, 3.05) is 0 Å². The van der Waals surface area contributed by atoms with Gasteiger partial charge in [0.15, 0.2) is 0 Å². The molecule has 0 saturated carbocycles. The third-order valence-electron chi connectivity index (χ3n) is 2.74. The molecule has 0 aliphatic carbocycles. The van der Waals surface area contributed by atoms with E-state index in [4.69, 9.17) is 11.6 Å². The maximum atomic E-state index is 9.58. The number of hydrogen-bond donors (Lipinski definition) is 1. The number of benzene rings is 2. The summed E-state index contributed by atoms with van der Waals surface area (Å²) in [5, 5.41) is 10.3. The maximum Gasteiger partial charge on any atom is 0.0772 e. The Labute approximate surface area is 131 Å². The minimum Gasteiger partial charge on any atom is -0.389 e. The first-order valence-corrected chi connectivity index (χ1v) is 8.06. The van der Waals surface area contributed by atoms with Crippen LogP contribution in [0.25, 0.3) is 0 Å². The van der Waals surface area contributed by atoms with Gasteiger partial charge in [0.25, 0.3) is 0 Å². The van der Waals surface area contributed by atoms with Crippen LogP contribution in [0.1, 0.15) is 24.2 Å². The van der Waals surface area contributed by atoms with Gasteiger partial charge in [0.1, 0.15) is 0 Å². The highest BCUT2D eigenvalue weighted by Crippen LogP contribution is 2.30. The molecule has 2 rings (SSSR count). The predicted octanol–water partition coefficient (Wildman–Crippen LogP) is 5.45. The topological polar surface area (TPSA) is 20.2 Å². The molecule has 0 aliphatic heterocycles. The quantitative estimate of drug-likeness (QED) is 0.734. The third-order valence-corrected chi connectivity index (χ3v) is 4.74. The molecule has 0 heterocycles. The third kappa shape index (κ3) is 4.25. The lowest BCUT2D eigenvalue weighted by atomic mass is 10.1. The molecule has 0 aliphatic rings. The lowest BCUT2D eigenvalue weighted by Gasteiger charge is -2.09. The van der Waals surface area contributed by atoms with E-state index in [1.807, 2.05) is 42.5 Å². The fourth-order valence-electron chi connectivity index (χ4n) is 1.68. The number of aliphatic hydroxyl groups is 1. The molecule has 100 valence electrons. The Hall–Kier alpha value is -0.480. The number of rotatable bonds is 4. The number of aliphatic hydroxyl groups excluding tert-OH is 1. The molecule has 0 aromatic heterocycles. The largest absolute Gasteiger partial charge is 0.389 e. The van der Waals surface area contributed by atoms with Crippen molar-refractivity contribution < 1.29 is 5.11 Å². The average molecular weight is 358 g/mol. The molecule has 0 unspecified atom stereocenters. The minimum atomic E-state index is -0.454. The van der Waals surface area contributed by atoms with E-state index in [0.717, 1.165) is 20.8 Å². The van der Waals surface area contributed by atoms with E-state index in [1.165, 1.54) is 10.5 Å². The summed E-state index contributed by atoms with van der Waals surface area (Å²) in [6.45, 7) is 1.76. The maximum absolute atomic E-state index is 9.58. The van der Waals surface area contributed by atoms with Gasteiger partial charge in [0.05, 0.1) is 6.10 Å². The Balaban J connectivity index is 2.04. The van der Waals surface area contributed by atoms with Gasteiger partial charge in [-0.25, -0.2) is 0 Å². The van der Waals surface area contributed by atoms with Gasteiger partial charge >= 0.3 is 0 Å². The van der Waals surface area contributed by atoms with E-state index in [9.17, 15) is 5.11 Å². The van der Waals surface area contributed by atoms with Gasteiger partial charge < -0.3 is 5.11 Å². The Morgan fingerprint density at radius 2 is 1.89 bits per heavy atom. The van der Waals surface area contributed by atoms with Crippen LogP contribution >= 0.6 is 39.3 Å². The van der Waals surface area contributed by atoms with Crippen molar-refractivity contribution in [2.24, 2.45) is 0 Å². The fraction of sp³-hybridized carbons (Fsp3) is 0.200. The second-order valence-corrected chi connectivity index (χ2v) is 6.61. The van der Waals surface area contributed by atoms with Gasteiger partial charge in [-0.1, -0.05) is 45.7 Å². The SMILES string of the molecule is C[C@@H](O)c1ccc(SCc2ccc(Cl)cc2)cc1Br. The summed E-state index contributed by atoms with van der Waals surface area (Å²) in [6, 6.07) is 13.9. The molecule has 4 heteroatoms. The van der Waals surface area contributed by atoms with Crippen LogP contribution in [0.3, 0.4) is 0 Å². The molecule has 0 saturated heterocycles. The second-order valence-electron chi connectivity index (χ2n) is 4.27. The average Bonchev–Trinajstić information content (AvgIpc) is 2.37. The van der Waals surface area contributed by atoms with Crippen LogP contribution in [0.15, 0.2) is 51.8 Å². The first kappa shape index (κ1) is 14.9. The van der Waals surface area contributed by atoms with E-state index < -0.39 is 6.10 Å². The number of hydrogen-bond acceptors (Lipinski definition) is 2. The van der Waals surface area contributed by atoms with E-state index in [2.05, 4.69) is 15.9 Å². The van der Waals surface area contributed by atoms with Gasteiger partial charge in [-0.2, -0.15) is 0 Å². The molecule has 19 heavy (non-hydrogen) atoms. The highest BCUT2D eigenvalue weighted by molar-refractivity contribution is 9.10. The van der Waals surface area contributed by atoms with E-state index in [1.54, 1.807) is 18.7 Å². The zero-order valence-electron chi connectivity index (χ0n) is 10.4. The smallest absolute Gasteiger partial charge is 0.0772 e. The molecular formula is C15H14BrClOS. The van der Waals surface area contributed by atoms with Crippen molar-refractivity contribution in [3.05, 3.63) is 63.1 Å². The molecule has 1 nitrogen and oxygen atoms in total. The van der Waals surface area contributed by atoms with Crippen molar-refractivity contribution in [1.82, 2.24) is 0 Å². The molecule has 0 fully saturated rings. The highest BCUT2D eigenvalue weighted by atomic mass is 79.9. The van der Waals surface area contributed by atoms with Crippen LogP contribution in [0, 0.1) is 0 Å². The van der Waals surface area contributed by atoms with Crippen molar-refractivity contribution in [3.63, 3.8) is 0 Å². The Morgan fingerprint density at radius 1 is 1.21 bits per heavy atom. The van der Waals surface area contributed by atoms with E-state index in [-0.39, 0.29) is 0 Å². The van der Waals surface area contributed by atoms with Crippen molar-refractivity contribution in [1.29, 1.82) is 0 Å². The molecular weight excluding hydrogens is 344 g/mol. The van der Waals surface area contributed by atoms with Crippen molar-refractivity contribution >= 4 is 39.3 Å². The van der Waals surface area contributed by atoms with E-state index in [0.29, 0.717) is 0 Å². The normalized spacial score (nSPS) is 12.4. The summed E-state index contributed by atoms with van der Waals surface area (Å²) in [6.07, 6.45) is -0.454. The van der Waals surface area contributed by atoms with Gasteiger partial charge in [-0.05, 0) is 42.3 Å². The van der Waals surface area contributed by atoms with E-state index >= 15 is 0 Å². The zero-order chi connectivity index (χ0) is 13.8. The lowest BCUT2D eigenvalue weighted by molar-refractivity contribution is 0.198. The van der Waals surface area contributed by atoms with Crippen molar-refractivity contribution in [2.45, 2.75) is 23.7 Å². The predicted molar refractivity (Wildman–Crippen MR) is 85.8 cm³/mol. The van der Waals surface area contributed by atoms with Crippen LogP contribution < -0.4 is 0 Å². The first-order valence-electron chi connectivity index (χ1n) is 5.91. The summed E-state index contributed by atoms with van der Waals surface area (Å²) in [5.41, 5.74) is 2.15. The van der Waals surface area contributed by atoms with Crippen LogP contribution in [-0.4, -0.2) is 5.11 Å². The van der Waals surface area contributed by atoms with Crippen LogP contribution in [0.4, 0.5) is 0 Å². The van der Waals surface area contributed by atoms with Crippen LogP contribution in [0.5, 0.6) is 0 Å². The summed E-state index contributed by atoms with van der Waals surface area (Å²) in [4.78, 5) is 1.17. The molecule has 0 radical (unpaired) electrons. The molecule has 0 amide bonds. The molecule has 1 atom stereocenters. The number of halogens is 2. The Kier molecular flexibility index (Phi) is 5.34. The second kappa shape index (κ2) is 6.80. The minimum absolute atomic E-state index is 0.454. The Morgan fingerprint density at radius 3 is 2.47 bits per heavy atom. The molecule has 0 bridgehead atoms. The van der Waals surface area contributed by atoms with Gasteiger partial charge in [0, 0.05) is 20.1 Å². The zero-order valence-corrected chi connectivity index (χ0v) is 13.6. The standard InChI is InChI=1S/C15H14BrClOS/c1-10(18)14-7-6-13(8-15(14)16)19-9-11-2-4-12(17)5-3-11/h2-8,10,18H,9H2,1H3/t10-/m1/s1. The highest BCUT2D eigenvalue weighted by Gasteiger charge is 2.07. The van der Waals surface area contributed by atoms with Gasteiger partial charge in [0.2, 0.25) is 0 Å². The van der Waals surface area contributed by atoms with Crippen LogP contribution in [0.2, 0.25) is 5.02 Å². The summed E-state index contributed by atoms with van der Waals surface area (Å²) >= 11 is 11.1. The summed E-state index contributed by atoms with van der Waals surface area (Å²) in [5.74, 6) is 0.900. The summed E-state index contributed by atoms with van der Waals surface area (Å²) in [7, 11) is 0. The lowest BCUT2D eigenvalue weighted by Crippen LogP contribution is -1.92. The van der Waals surface area contributed by atoms with Crippen molar-refractivity contribution in [3.8, 4) is 0 Å². The molecule has 1 N–H and O–H groups in total. The van der Waals surface area contributed by atoms with Gasteiger partial charge in [-0.3, -0.25) is 0 Å². The number of thioether (sulfide) groups is 1. The van der Waals surface area contributed by atoms with Gasteiger partial charge in [-0.15, -0.1) is 11.8 Å². The van der Waals surface area contributed by atoms with Crippen LogP contribution in [-0.2, 0) is 5.75 Å². The monoisotopic (exact) mass is 356 g/mol. The molecule has 2 aromatic carbocycles. The summed E-state index contributed by atoms with van der Waals surface area (Å²) < 4.78 is 0.948.